The molecular formula is C18H24FN5O. The molecule has 1 aromatic heterocycles. The first kappa shape index (κ1) is 17.4. The molecule has 3 rings (SSSR count). The van der Waals surface area contributed by atoms with Crippen LogP contribution in [0.1, 0.15) is 35.2 Å². The average Bonchev–Trinajstić information content (AvgIpc) is 3.14. The minimum atomic E-state index is -0.267. The molecule has 134 valence electrons. The number of aryl methyl sites for hydroxylation is 2. The van der Waals surface area contributed by atoms with Crippen LogP contribution in [0.3, 0.4) is 0 Å². The predicted molar refractivity (Wildman–Crippen MR) is 93.6 cm³/mol. The summed E-state index contributed by atoms with van der Waals surface area (Å²) in [5.74, 6) is -0.267. The molecule has 6 nitrogen and oxygen atoms in total. The number of amides is 2. The molecule has 2 N–H and O–H groups in total. The predicted octanol–water partition coefficient (Wildman–Crippen LogP) is 2.15. The zero-order valence-corrected chi connectivity index (χ0v) is 14.8. The lowest BCUT2D eigenvalue weighted by Crippen LogP contribution is -2.41. The number of fused-ring (bicyclic) bond motifs is 1. The quantitative estimate of drug-likeness (QED) is 0.873. The van der Waals surface area contributed by atoms with Crippen molar-refractivity contribution in [3.63, 3.8) is 0 Å². The van der Waals surface area contributed by atoms with Crippen molar-refractivity contribution in [3.8, 4) is 0 Å². The molecule has 2 amide bonds. The molecule has 0 saturated heterocycles. The van der Waals surface area contributed by atoms with Crippen molar-refractivity contribution in [2.45, 2.75) is 24.9 Å². The van der Waals surface area contributed by atoms with Crippen molar-refractivity contribution in [2.75, 3.05) is 20.6 Å². The maximum atomic E-state index is 13.5. The Bertz CT molecular complexity index is 758. The number of nitrogens with zero attached hydrogens (tertiary/aromatic N) is 3. The highest BCUT2D eigenvalue weighted by Crippen LogP contribution is 2.31. The molecule has 1 heterocycles. The highest BCUT2D eigenvalue weighted by atomic mass is 19.1. The second-order valence-corrected chi connectivity index (χ2v) is 6.72. The number of carbonyl (C=O) groups is 1. The van der Waals surface area contributed by atoms with Crippen molar-refractivity contribution in [3.05, 3.63) is 53.1 Å². The van der Waals surface area contributed by atoms with Crippen LogP contribution in [0, 0.1) is 5.82 Å². The van der Waals surface area contributed by atoms with E-state index in [2.05, 4.69) is 15.7 Å². The maximum absolute atomic E-state index is 13.5. The molecule has 0 fully saturated rings. The van der Waals surface area contributed by atoms with Crippen LogP contribution in [0.5, 0.6) is 0 Å². The Morgan fingerprint density at radius 3 is 2.96 bits per heavy atom. The van der Waals surface area contributed by atoms with Crippen LogP contribution >= 0.6 is 0 Å². The van der Waals surface area contributed by atoms with Crippen LogP contribution < -0.4 is 10.6 Å². The molecule has 1 aliphatic rings. The lowest BCUT2D eigenvalue weighted by Gasteiger charge is -2.24. The highest BCUT2D eigenvalue weighted by Gasteiger charge is 2.25. The summed E-state index contributed by atoms with van der Waals surface area (Å²) in [5, 5.41) is 10.1. The fourth-order valence-corrected chi connectivity index (χ4v) is 3.33. The first-order valence-corrected chi connectivity index (χ1v) is 8.41. The highest BCUT2D eigenvalue weighted by molar-refractivity contribution is 5.74. The molecule has 0 saturated carbocycles. The van der Waals surface area contributed by atoms with Crippen molar-refractivity contribution in [2.24, 2.45) is 7.05 Å². The van der Waals surface area contributed by atoms with Crippen molar-refractivity contribution in [1.29, 1.82) is 0 Å². The number of carbonyl (C=O) groups excluding carboxylic acids is 1. The van der Waals surface area contributed by atoms with Gasteiger partial charge in [-0.15, -0.1) is 0 Å². The van der Waals surface area contributed by atoms with Gasteiger partial charge in [-0.3, -0.25) is 4.68 Å². The third-order valence-corrected chi connectivity index (χ3v) is 4.68. The number of urea groups is 1. The Kier molecular flexibility index (Phi) is 5.03. The third-order valence-electron chi connectivity index (χ3n) is 4.68. The molecule has 7 heteroatoms. The molecule has 1 aromatic carbocycles. The van der Waals surface area contributed by atoms with Crippen molar-refractivity contribution >= 4 is 6.03 Å². The minimum absolute atomic E-state index is 0.0350. The van der Waals surface area contributed by atoms with Gasteiger partial charge >= 0.3 is 6.03 Å². The van der Waals surface area contributed by atoms with E-state index in [1.165, 1.54) is 12.1 Å². The zero-order valence-electron chi connectivity index (χ0n) is 14.8. The second-order valence-electron chi connectivity index (χ2n) is 6.72. The molecule has 0 unspecified atom stereocenters. The van der Waals surface area contributed by atoms with E-state index in [1.807, 2.05) is 32.2 Å². The summed E-state index contributed by atoms with van der Waals surface area (Å²) in [7, 11) is 5.80. The van der Waals surface area contributed by atoms with Gasteiger partial charge in [0.05, 0.1) is 18.3 Å². The first-order chi connectivity index (χ1) is 11.9. The molecular weight excluding hydrogens is 321 g/mol. The summed E-state index contributed by atoms with van der Waals surface area (Å²) < 4.78 is 15.2. The molecule has 2 atom stereocenters. The largest absolute Gasteiger partial charge is 0.336 e. The molecule has 0 bridgehead atoms. The standard InChI is InChI=1S/C18H24FN5O/c1-23(2)17(13-9-21-24(3)11-13)10-20-18(25)22-16-7-5-12-4-6-14(19)8-15(12)16/h4,6,8-9,11,16-17H,5,7,10H2,1-3H3,(H2,20,22,25)/t16-,17-/m1/s1. The van der Waals surface area contributed by atoms with E-state index in [9.17, 15) is 9.18 Å². The van der Waals surface area contributed by atoms with E-state index in [0.29, 0.717) is 6.54 Å². The van der Waals surface area contributed by atoms with Crippen molar-refractivity contribution in [1.82, 2.24) is 25.3 Å². The number of likely N-dealkylation sites (N-methyl/N-ethyl adjacent to an activating group) is 1. The molecule has 0 aliphatic heterocycles. The summed E-state index contributed by atoms with van der Waals surface area (Å²) in [6.07, 6.45) is 5.41. The van der Waals surface area contributed by atoms with Crippen LogP contribution in [0.15, 0.2) is 30.6 Å². The summed E-state index contributed by atoms with van der Waals surface area (Å²) in [6.45, 7) is 0.466. The van der Waals surface area contributed by atoms with E-state index < -0.39 is 0 Å². The van der Waals surface area contributed by atoms with Crippen LogP contribution in [0.2, 0.25) is 0 Å². The number of benzene rings is 1. The van der Waals surface area contributed by atoms with E-state index in [0.717, 1.165) is 29.5 Å². The summed E-state index contributed by atoms with van der Waals surface area (Å²) in [4.78, 5) is 14.3. The normalized spacial score (nSPS) is 17.4. The van der Waals surface area contributed by atoms with E-state index >= 15 is 0 Å². The van der Waals surface area contributed by atoms with E-state index in [1.54, 1.807) is 16.9 Å². The Labute approximate surface area is 147 Å². The fourth-order valence-electron chi connectivity index (χ4n) is 3.33. The van der Waals surface area contributed by atoms with E-state index in [-0.39, 0.29) is 23.9 Å². The van der Waals surface area contributed by atoms with Gasteiger partial charge in [-0.2, -0.15) is 5.10 Å². The molecule has 25 heavy (non-hydrogen) atoms. The van der Waals surface area contributed by atoms with Gasteiger partial charge in [0, 0.05) is 25.4 Å². The zero-order chi connectivity index (χ0) is 18.0. The summed E-state index contributed by atoms with van der Waals surface area (Å²) >= 11 is 0. The minimum Gasteiger partial charge on any atom is -0.336 e. The van der Waals surface area contributed by atoms with Crippen molar-refractivity contribution < 1.29 is 9.18 Å². The number of rotatable bonds is 5. The van der Waals surface area contributed by atoms with Crippen LogP contribution in [0.4, 0.5) is 9.18 Å². The topological polar surface area (TPSA) is 62.2 Å². The van der Waals surface area contributed by atoms with Gasteiger partial charge in [-0.1, -0.05) is 6.07 Å². The Hall–Kier alpha value is -2.41. The van der Waals surface area contributed by atoms with Gasteiger partial charge in [0.1, 0.15) is 5.82 Å². The monoisotopic (exact) mass is 345 g/mol. The molecule has 0 radical (unpaired) electrons. The van der Waals surface area contributed by atoms with Gasteiger partial charge in [-0.05, 0) is 50.2 Å². The van der Waals surface area contributed by atoms with Gasteiger partial charge in [0.15, 0.2) is 0 Å². The van der Waals surface area contributed by atoms with Gasteiger partial charge in [0.25, 0.3) is 0 Å². The second kappa shape index (κ2) is 7.23. The molecule has 0 spiro atoms. The van der Waals surface area contributed by atoms with Crippen LogP contribution in [-0.2, 0) is 13.5 Å². The van der Waals surface area contributed by atoms with Gasteiger partial charge in [0.2, 0.25) is 0 Å². The molecule has 1 aliphatic carbocycles. The number of halogens is 1. The third kappa shape index (κ3) is 3.99. The Morgan fingerprint density at radius 2 is 2.28 bits per heavy atom. The lowest BCUT2D eigenvalue weighted by molar-refractivity contribution is 0.229. The number of nitrogens with one attached hydrogen (secondary N) is 2. The first-order valence-electron chi connectivity index (χ1n) is 8.41. The SMILES string of the molecule is CN(C)[C@H](CNC(=O)N[C@@H]1CCc2ccc(F)cc21)c1cnn(C)c1. The smallest absolute Gasteiger partial charge is 0.315 e. The Balaban J connectivity index is 1.59. The average molecular weight is 345 g/mol. The number of hydrogen-bond acceptors (Lipinski definition) is 3. The summed E-state index contributed by atoms with van der Waals surface area (Å²) in [6, 6.07) is 4.45. The number of aromatic nitrogens is 2. The molecule has 2 aromatic rings. The number of hydrogen-bond donors (Lipinski definition) is 2. The lowest BCUT2D eigenvalue weighted by atomic mass is 10.1. The van der Waals surface area contributed by atoms with Crippen LogP contribution in [0.25, 0.3) is 0 Å². The van der Waals surface area contributed by atoms with Gasteiger partial charge < -0.3 is 15.5 Å². The summed E-state index contributed by atoms with van der Waals surface area (Å²) in [5.41, 5.74) is 3.03. The Morgan fingerprint density at radius 1 is 1.48 bits per heavy atom. The fraction of sp³-hybridized carbons (Fsp3) is 0.444. The van der Waals surface area contributed by atoms with Gasteiger partial charge in [-0.25, -0.2) is 9.18 Å². The van der Waals surface area contributed by atoms with E-state index in [4.69, 9.17) is 0 Å². The maximum Gasteiger partial charge on any atom is 0.315 e. The van der Waals surface area contributed by atoms with Crippen LogP contribution in [-0.4, -0.2) is 41.4 Å².